The van der Waals surface area contributed by atoms with Crippen LogP contribution in [0.3, 0.4) is 0 Å². The van der Waals surface area contributed by atoms with Crippen molar-refractivity contribution < 1.29 is 14.6 Å². The predicted octanol–water partition coefficient (Wildman–Crippen LogP) is 1.54. The van der Waals surface area contributed by atoms with Crippen LogP contribution in [0.1, 0.15) is 10.4 Å². The van der Waals surface area contributed by atoms with Crippen molar-refractivity contribution in [3.8, 4) is 0 Å². The number of aliphatic hydroxyl groups is 1. The molecule has 3 heterocycles. The van der Waals surface area contributed by atoms with Crippen LogP contribution in [-0.2, 0) is 4.74 Å². The number of fused-ring (bicyclic) bond motifs is 2. The van der Waals surface area contributed by atoms with Gasteiger partial charge in [-0.3, -0.25) is 9.69 Å². The van der Waals surface area contributed by atoms with Crippen molar-refractivity contribution in [1.29, 1.82) is 0 Å². The highest BCUT2D eigenvalue weighted by Crippen LogP contribution is 2.42. The first-order valence-corrected chi connectivity index (χ1v) is 11.1. The van der Waals surface area contributed by atoms with Crippen molar-refractivity contribution >= 4 is 16.7 Å². The van der Waals surface area contributed by atoms with Crippen molar-refractivity contribution in [1.82, 2.24) is 14.7 Å². The van der Waals surface area contributed by atoms with Crippen LogP contribution in [0.4, 0.5) is 0 Å². The molecule has 1 N–H and O–H groups in total. The van der Waals surface area contributed by atoms with Gasteiger partial charge in [0.15, 0.2) is 0 Å². The van der Waals surface area contributed by atoms with E-state index in [1.165, 1.54) is 0 Å². The second kappa shape index (κ2) is 8.27. The molecule has 0 spiro atoms. The number of rotatable bonds is 5. The average molecular weight is 410 g/mol. The maximum Gasteiger partial charge on any atom is 0.253 e. The minimum Gasteiger partial charge on any atom is -0.396 e. The first-order chi connectivity index (χ1) is 14.7. The molecule has 6 heteroatoms. The van der Waals surface area contributed by atoms with Gasteiger partial charge in [-0.25, -0.2) is 0 Å². The van der Waals surface area contributed by atoms with Crippen LogP contribution < -0.4 is 0 Å². The molecule has 5 rings (SSSR count). The summed E-state index contributed by atoms with van der Waals surface area (Å²) in [6.45, 7) is 9.12. The van der Waals surface area contributed by atoms with Crippen molar-refractivity contribution in [3.63, 3.8) is 0 Å². The molecule has 30 heavy (non-hydrogen) atoms. The van der Waals surface area contributed by atoms with Crippen LogP contribution in [-0.4, -0.2) is 97.9 Å². The standard InChI is InChI=1S/C24H31N3O3/c28-18-24-16-26(8-7-25-9-11-30-12-10-25)14-22(24)15-27(17-24)23(29)21-6-5-19-3-1-2-4-20(19)13-21/h1-6,13,22,28H,7-12,14-18H2/t22-,24+/m0/s1. The fourth-order valence-electron chi connectivity index (χ4n) is 5.45. The molecule has 3 fully saturated rings. The second-order valence-electron chi connectivity index (χ2n) is 9.15. The number of carbonyl (C=O) groups is 1. The van der Waals surface area contributed by atoms with Gasteiger partial charge >= 0.3 is 0 Å². The SMILES string of the molecule is O=C(c1ccc2ccccc2c1)N1C[C@@H]2CN(CCN3CCOCC3)C[C@]2(CO)C1. The Bertz CT molecular complexity index is 913. The fraction of sp³-hybridized carbons (Fsp3) is 0.542. The topological polar surface area (TPSA) is 56.3 Å². The molecule has 2 aromatic carbocycles. The van der Waals surface area contributed by atoms with E-state index in [1.807, 2.05) is 41.3 Å². The third-order valence-electron chi connectivity index (χ3n) is 7.26. The van der Waals surface area contributed by atoms with Gasteiger partial charge in [0.2, 0.25) is 0 Å². The average Bonchev–Trinajstić information content (AvgIpc) is 3.32. The maximum atomic E-state index is 13.2. The van der Waals surface area contributed by atoms with Crippen molar-refractivity contribution in [2.45, 2.75) is 0 Å². The summed E-state index contributed by atoms with van der Waals surface area (Å²) in [4.78, 5) is 20.1. The number of amides is 1. The highest BCUT2D eigenvalue weighted by Gasteiger charge is 2.53. The summed E-state index contributed by atoms with van der Waals surface area (Å²) in [5, 5.41) is 12.5. The Hall–Kier alpha value is -1.99. The first-order valence-electron chi connectivity index (χ1n) is 11.1. The monoisotopic (exact) mass is 409 g/mol. The molecule has 2 atom stereocenters. The molecule has 2 aromatic rings. The van der Waals surface area contributed by atoms with Gasteiger partial charge in [0, 0.05) is 63.3 Å². The van der Waals surface area contributed by atoms with Crippen molar-refractivity contribution in [2.24, 2.45) is 11.3 Å². The number of ether oxygens (including phenoxy) is 1. The third kappa shape index (κ3) is 3.73. The maximum absolute atomic E-state index is 13.2. The van der Waals surface area contributed by atoms with Gasteiger partial charge in [-0.1, -0.05) is 30.3 Å². The smallest absolute Gasteiger partial charge is 0.253 e. The van der Waals surface area contributed by atoms with Gasteiger partial charge in [-0.15, -0.1) is 0 Å². The summed E-state index contributed by atoms with van der Waals surface area (Å²) in [7, 11) is 0. The first kappa shape index (κ1) is 19.9. The van der Waals surface area contributed by atoms with Crippen LogP contribution in [0.2, 0.25) is 0 Å². The van der Waals surface area contributed by atoms with E-state index in [4.69, 9.17) is 4.74 Å². The van der Waals surface area contributed by atoms with E-state index in [2.05, 4.69) is 15.9 Å². The molecule has 0 bridgehead atoms. The van der Waals surface area contributed by atoms with E-state index < -0.39 is 0 Å². The minimum atomic E-state index is -0.183. The normalized spacial score (nSPS) is 27.6. The number of carbonyl (C=O) groups excluding carboxylic acids is 1. The van der Waals surface area contributed by atoms with Gasteiger partial charge in [-0.05, 0) is 28.8 Å². The number of morpholine rings is 1. The number of aliphatic hydroxyl groups excluding tert-OH is 1. The summed E-state index contributed by atoms with van der Waals surface area (Å²) in [6, 6.07) is 14.1. The second-order valence-corrected chi connectivity index (χ2v) is 9.15. The molecule has 0 saturated carbocycles. The molecule has 0 aliphatic carbocycles. The molecule has 3 saturated heterocycles. The molecule has 3 aliphatic heterocycles. The molecular formula is C24H31N3O3. The zero-order valence-electron chi connectivity index (χ0n) is 17.5. The summed E-state index contributed by atoms with van der Waals surface area (Å²) in [5.74, 6) is 0.430. The van der Waals surface area contributed by atoms with Gasteiger partial charge in [0.05, 0.1) is 19.8 Å². The number of hydrogen-bond donors (Lipinski definition) is 1. The number of likely N-dealkylation sites (tertiary alicyclic amines) is 2. The zero-order chi connectivity index (χ0) is 20.6. The molecule has 6 nitrogen and oxygen atoms in total. The van der Waals surface area contributed by atoms with E-state index in [1.54, 1.807) is 0 Å². The Morgan fingerprint density at radius 3 is 2.53 bits per heavy atom. The summed E-state index contributed by atoms with van der Waals surface area (Å²) in [5.41, 5.74) is 0.559. The summed E-state index contributed by atoms with van der Waals surface area (Å²) in [6.07, 6.45) is 0. The highest BCUT2D eigenvalue weighted by molar-refractivity contribution is 5.98. The number of hydrogen-bond acceptors (Lipinski definition) is 5. The van der Waals surface area contributed by atoms with Crippen LogP contribution in [0.15, 0.2) is 42.5 Å². The quantitative estimate of drug-likeness (QED) is 0.812. The van der Waals surface area contributed by atoms with E-state index >= 15 is 0 Å². The summed E-state index contributed by atoms with van der Waals surface area (Å²) >= 11 is 0. The third-order valence-corrected chi connectivity index (χ3v) is 7.26. The van der Waals surface area contributed by atoms with Crippen LogP contribution in [0.5, 0.6) is 0 Å². The Morgan fingerprint density at radius 2 is 1.77 bits per heavy atom. The van der Waals surface area contributed by atoms with Crippen molar-refractivity contribution in [2.75, 3.05) is 72.2 Å². The fourth-order valence-corrected chi connectivity index (χ4v) is 5.45. The lowest BCUT2D eigenvalue weighted by Gasteiger charge is -2.30. The van der Waals surface area contributed by atoms with E-state index in [-0.39, 0.29) is 17.9 Å². The Balaban J connectivity index is 1.23. The number of nitrogens with zero attached hydrogens (tertiary/aromatic N) is 3. The van der Waals surface area contributed by atoms with Gasteiger partial charge in [-0.2, -0.15) is 0 Å². The Morgan fingerprint density at radius 1 is 1.00 bits per heavy atom. The lowest BCUT2D eigenvalue weighted by molar-refractivity contribution is 0.0330. The van der Waals surface area contributed by atoms with E-state index in [0.29, 0.717) is 12.5 Å². The molecule has 0 unspecified atom stereocenters. The zero-order valence-corrected chi connectivity index (χ0v) is 17.5. The Labute approximate surface area is 178 Å². The Kier molecular flexibility index (Phi) is 5.50. The van der Waals surface area contributed by atoms with Gasteiger partial charge < -0.3 is 19.6 Å². The van der Waals surface area contributed by atoms with Gasteiger partial charge in [0.1, 0.15) is 0 Å². The molecule has 3 aliphatic rings. The number of benzene rings is 2. The lowest BCUT2D eigenvalue weighted by atomic mass is 9.82. The molecular weight excluding hydrogens is 378 g/mol. The van der Waals surface area contributed by atoms with E-state index in [9.17, 15) is 9.90 Å². The van der Waals surface area contributed by atoms with Crippen LogP contribution in [0.25, 0.3) is 10.8 Å². The molecule has 0 radical (unpaired) electrons. The lowest BCUT2D eigenvalue weighted by Crippen LogP contribution is -2.43. The largest absolute Gasteiger partial charge is 0.396 e. The summed E-state index contributed by atoms with van der Waals surface area (Å²) < 4.78 is 5.43. The molecule has 0 aromatic heterocycles. The highest BCUT2D eigenvalue weighted by atomic mass is 16.5. The van der Waals surface area contributed by atoms with Crippen LogP contribution in [0, 0.1) is 11.3 Å². The van der Waals surface area contributed by atoms with E-state index in [0.717, 1.165) is 75.4 Å². The molecule has 160 valence electrons. The van der Waals surface area contributed by atoms with Crippen LogP contribution >= 0.6 is 0 Å². The predicted molar refractivity (Wildman–Crippen MR) is 117 cm³/mol. The van der Waals surface area contributed by atoms with Gasteiger partial charge in [0.25, 0.3) is 5.91 Å². The molecule has 1 amide bonds. The van der Waals surface area contributed by atoms with Crippen molar-refractivity contribution in [3.05, 3.63) is 48.0 Å². The minimum absolute atomic E-state index is 0.0860.